The quantitative estimate of drug-likeness (QED) is 0.517. The Labute approximate surface area is 174 Å². The van der Waals surface area contributed by atoms with Crippen LogP contribution in [0.15, 0.2) is 61.1 Å². The third-order valence-electron chi connectivity index (χ3n) is 4.84. The van der Waals surface area contributed by atoms with Crippen LogP contribution in [0, 0.1) is 6.92 Å². The van der Waals surface area contributed by atoms with Crippen LogP contribution in [0.3, 0.4) is 0 Å². The molecule has 2 N–H and O–H groups in total. The molecule has 0 aliphatic carbocycles. The maximum atomic E-state index is 12.1. The van der Waals surface area contributed by atoms with Crippen LogP contribution >= 0.6 is 0 Å². The number of nitrogens with zero attached hydrogens (tertiary/aromatic N) is 4. The summed E-state index contributed by atoms with van der Waals surface area (Å²) in [5, 5.41) is 6.88. The summed E-state index contributed by atoms with van der Waals surface area (Å²) in [6.07, 6.45) is 3.95. The molecule has 0 bridgehead atoms. The van der Waals surface area contributed by atoms with Crippen LogP contribution in [0.2, 0.25) is 0 Å². The van der Waals surface area contributed by atoms with E-state index in [0.29, 0.717) is 12.1 Å². The van der Waals surface area contributed by atoms with Crippen molar-refractivity contribution in [2.24, 2.45) is 0 Å². The molecule has 1 aromatic carbocycles. The van der Waals surface area contributed by atoms with Gasteiger partial charge in [0, 0.05) is 36.9 Å². The number of hydrogen-bond donors (Lipinski definition) is 2. The van der Waals surface area contributed by atoms with E-state index in [9.17, 15) is 4.79 Å². The first-order chi connectivity index (χ1) is 14.7. The van der Waals surface area contributed by atoms with Crippen LogP contribution in [0.25, 0.3) is 22.3 Å². The minimum Gasteiger partial charge on any atom is -0.370 e. The normalized spacial score (nSPS) is 10.7. The average Bonchev–Trinajstić information content (AvgIpc) is 2.78. The van der Waals surface area contributed by atoms with E-state index >= 15 is 0 Å². The fourth-order valence-corrected chi connectivity index (χ4v) is 3.38. The zero-order valence-electron chi connectivity index (χ0n) is 16.9. The zero-order chi connectivity index (χ0) is 20.9. The van der Waals surface area contributed by atoms with Gasteiger partial charge in [-0.05, 0) is 37.1 Å². The second kappa shape index (κ2) is 8.65. The molecule has 0 radical (unpaired) electrons. The molecule has 3 heterocycles. The van der Waals surface area contributed by atoms with Gasteiger partial charge >= 0.3 is 0 Å². The fourth-order valence-electron chi connectivity index (χ4n) is 3.38. The summed E-state index contributed by atoms with van der Waals surface area (Å²) in [5.74, 6) is 0.624. The van der Waals surface area contributed by atoms with Gasteiger partial charge in [0.05, 0.1) is 22.5 Å². The number of pyridine rings is 2. The Hall–Kier alpha value is -3.87. The van der Waals surface area contributed by atoms with Crippen LogP contribution in [0.4, 0.5) is 5.82 Å². The van der Waals surface area contributed by atoms with E-state index in [1.54, 1.807) is 19.3 Å². The predicted molar refractivity (Wildman–Crippen MR) is 117 cm³/mol. The van der Waals surface area contributed by atoms with Gasteiger partial charge in [0.2, 0.25) is 0 Å². The van der Waals surface area contributed by atoms with Gasteiger partial charge in [0.15, 0.2) is 0 Å². The Morgan fingerprint density at radius 1 is 1.00 bits per heavy atom. The minimum atomic E-state index is -0.115. The van der Waals surface area contributed by atoms with Crippen LogP contribution in [-0.2, 0) is 6.42 Å². The Kier molecular flexibility index (Phi) is 5.61. The summed E-state index contributed by atoms with van der Waals surface area (Å²) in [7, 11) is 1.63. The van der Waals surface area contributed by atoms with E-state index in [2.05, 4.69) is 30.6 Å². The van der Waals surface area contributed by atoms with E-state index in [0.717, 1.165) is 45.8 Å². The van der Waals surface area contributed by atoms with Gasteiger partial charge in [-0.3, -0.25) is 14.8 Å². The van der Waals surface area contributed by atoms with Gasteiger partial charge in [-0.15, -0.1) is 0 Å². The fraction of sp³-hybridized carbons (Fsp3) is 0.174. The molecule has 3 aromatic heterocycles. The third kappa shape index (κ3) is 4.10. The van der Waals surface area contributed by atoms with Crippen molar-refractivity contribution in [1.82, 2.24) is 25.3 Å². The van der Waals surface area contributed by atoms with Crippen LogP contribution in [-0.4, -0.2) is 39.4 Å². The standard InChI is InChI=1S/C23H22N6O/c1-15-5-3-8-19(29-15)20-13-21(28-14-27-20)25-11-9-16-6-4-7-17-18(23(30)24-2)10-12-26-22(16)17/h3-8,10,12-14H,9,11H2,1-2H3,(H,24,30)(H,25,27,28). The first kappa shape index (κ1) is 19.4. The summed E-state index contributed by atoms with van der Waals surface area (Å²) in [6, 6.07) is 15.4. The molecule has 1 amide bonds. The lowest BCUT2D eigenvalue weighted by Gasteiger charge is -2.10. The zero-order valence-corrected chi connectivity index (χ0v) is 16.9. The molecule has 4 aromatic rings. The molecule has 0 atom stereocenters. The van der Waals surface area contributed by atoms with Gasteiger partial charge in [-0.25, -0.2) is 9.97 Å². The molecule has 0 aliphatic heterocycles. The molecule has 0 saturated heterocycles. The summed E-state index contributed by atoms with van der Waals surface area (Å²) < 4.78 is 0. The lowest BCUT2D eigenvalue weighted by Crippen LogP contribution is -2.18. The molecule has 150 valence electrons. The van der Waals surface area contributed by atoms with Crippen LogP contribution in [0.5, 0.6) is 0 Å². The van der Waals surface area contributed by atoms with Gasteiger partial charge in [-0.2, -0.15) is 0 Å². The van der Waals surface area contributed by atoms with Crippen molar-refractivity contribution in [3.63, 3.8) is 0 Å². The molecule has 7 nitrogen and oxygen atoms in total. The molecule has 30 heavy (non-hydrogen) atoms. The van der Waals surface area contributed by atoms with Crippen molar-refractivity contribution in [1.29, 1.82) is 0 Å². The highest BCUT2D eigenvalue weighted by Gasteiger charge is 2.11. The van der Waals surface area contributed by atoms with E-state index < -0.39 is 0 Å². The number of carbonyl (C=O) groups is 1. The molecule has 0 fully saturated rings. The summed E-state index contributed by atoms with van der Waals surface area (Å²) in [5.41, 5.74) is 5.08. The molecule has 4 rings (SSSR count). The molecule has 0 aliphatic rings. The number of para-hydroxylation sites is 1. The van der Waals surface area contributed by atoms with Crippen molar-refractivity contribution in [3.05, 3.63) is 77.9 Å². The number of hydrogen-bond acceptors (Lipinski definition) is 6. The van der Waals surface area contributed by atoms with E-state index in [4.69, 9.17) is 0 Å². The topological polar surface area (TPSA) is 92.7 Å². The number of amides is 1. The average molecular weight is 398 g/mol. The smallest absolute Gasteiger partial charge is 0.251 e. The van der Waals surface area contributed by atoms with Crippen molar-refractivity contribution >= 4 is 22.6 Å². The largest absolute Gasteiger partial charge is 0.370 e. The Bertz CT molecular complexity index is 1210. The Balaban J connectivity index is 1.51. The van der Waals surface area contributed by atoms with E-state index in [1.165, 1.54) is 6.33 Å². The van der Waals surface area contributed by atoms with Crippen molar-refractivity contribution in [2.75, 3.05) is 18.9 Å². The number of aryl methyl sites for hydroxylation is 1. The maximum Gasteiger partial charge on any atom is 0.251 e. The van der Waals surface area contributed by atoms with Crippen molar-refractivity contribution in [3.8, 4) is 11.4 Å². The Morgan fingerprint density at radius 3 is 2.70 bits per heavy atom. The number of rotatable bonds is 6. The van der Waals surface area contributed by atoms with Gasteiger partial charge in [0.1, 0.15) is 12.1 Å². The molecular weight excluding hydrogens is 376 g/mol. The second-order valence-electron chi connectivity index (χ2n) is 6.88. The summed E-state index contributed by atoms with van der Waals surface area (Å²) >= 11 is 0. The first-order valence-electron chi connectivity index (χ1n) is 9.74. The number of anilines is 1. The summed E-state index contributed by atoms with van der Waals surface area (Å²) in [6.45, 7) is 2.63. The first-order valence-corrected chi connectivity index (χ1v) is 9.74. The highest BCUT2D eigenvalue weighted by Crippen LogP contribution is 2.21. The molecule has 0 unspecified atom stereocenters. The van der Waals surface area contributed by atoms with Crippen LogP contribution in [0.1, 0.15) is 21.6 Å². The lowest BCUT2D eigenvalue weighted by molar-refractivity contribution is 0.0964. The number of nitrogens with one attached hydrogen (secondary N) is 2. The Morgan fingerprint density at radius 2 is 1.87 bits per heavy atom. The maximum absolute atomic E-state index is 12.1. The predicted octanol–water partition coefficient (Wildman–Crippen LogP) is 3.41. The SMILES string of the molecule is CNC(=O)c1ccnc2c(CCNc3cc(-c4cccc(C)n4)ncn3)cccc12. The second-order valence-corrected chi connectivity index (χ2v) is 6.88. The van der Waals surface area contributed by atoms with Gasteiger partial charge in [0.25, 0.3) is 5.91 Å². The number of fused-ring (bicyclic) bond motifs is 1. The highest BCUT2D eigenvalue weighted by molar-refractivity contribution is 6.06. The molecule has 7 heteroatoms. The minimum absolute atomic E-state index is 0.115. The van der Waals surface area contributed by atoms with Crippen molar-refractivity contribution in [2.45, 2.75) is 13.3 Å². The molecular formula is C23H22N6O. The lowest BCUT2D eigenvalue weighted by atomic mass is 10.0. The number of benzene rings is 1. The summed E-state index contributed by atoms with van der Waals surface area (Å²) in [4.78, 5) is 29.8. The molecule has 0 saturated carbocycles. The monoisotopic (exact) mass is 398 g/mol. The van der Waals surface area contributed by atoms with Crippen molar-refractivity contribution < 1.29 is 4.79 Å². The van der Waals surface area contributed by atoms with Gasteiger partial charge in [-0.1, -0.05) is 24.3 Å². The highest BCUT2D eigenvalue weighted by atomic mass is 16.1. The van der Waals surface area contributed by atoms with E-state index in [-0.39, 0.29) is 5.91 Å². The number of carbonyl (C=O) groups excluding carboxylic acids is 1. The van der Waals surface area contributed by atoms with E-state index in [1.807, 2.05) is 49.4 Å². The third-order valence-corrected chi connectivity index (χ3v) is 4.84. The number of aromatic nitrogens is 4. The van der Waals surface area contributed by atoms with Gasteiger partial charge < -0.3 is 10.6 Å². The molecule has 0 spiro atoms. The van der Waals surface area contributed by atoms with Crippen LogP contribution < -0.4 is 10.6 Å².